The van der Waals surface area contributed by atoms with Gasteiger partial charge >= 0.3 is 0 Å². The number of hydrogen-bond acceptors (Lipinski definition) is 3. The van der Waals surface area contributed by atoms with E-state index in [-0.39, 0.29) is 51.0 Å². The van der Waals surface area contributed by atoms with Crippen molar-refractivity contribution in [3.63, 3.8) is 0 Å². The lowest BCUT2D eigenvalue weighted by atomic mass is 9.81. The molecule has 2 saturated carbocycles. The largest absolute Gasteiger partial charge is 0.322 e. The third-order valence-corrected chi connectivity index (χ3v) is 9.61. The average molecular weight is 518 g/mol. The summed E-state index contributed by atoms with van der Waals surface area (Å²) in [5.41, 5.74) is 1.74. The lowest BCUT2D eigenvalue weighted by Crippen LogP contribution is -2.37. The Bertz CT molecular complexity index is 963. The fourth-order valence-corrected chi connectivity index (χ4v) is 6.96. The van der Waals surface area contributed by atoms with Gasteiger partial charge in [-0.3, -0.25) is 19.3 Å². The Labute approximate surface area is 185 Å². The first-order chi connectivity index (χ1) is 14.0. The van der Waals surface area contributed by atoms with Gasteiger partial charge in [0.2, 0.25) is 11.8 Å². The highest BCUT2D eigenvalue weighted by atomic mass is 79.9. The molecule has 2 aromatic carbocycles. The number of halogens is 2. The van der Waals surface area contributed by atoms with Crippen molar-refractivity contribution in [3.05, 3.63) is 60.2 Å². The normalized spacial score (nSPS) is 32.6. The molecule has 1 N–H and O–H groups in total. The first kappa shape index (κ1) is 19.0. The minimum absolute atomic E-state index is 0.0996. The van der Waals surface area contributed by atoms with Crippen LogP contribution in [0.1, 0.15) is 16.8 Å². The van der Waals surface area contributed by atoms with E-state index >= 15 is 0 Å². The van der Waals surface area contributed by atoms with Crippen LogP contribution in [0.4, 0.5) is 11.4 Å². The van der Waals surface area contributed by atoms with E-state index in [2.05, 4.69) is 37.2 Å². The Kier molecular flexibility index (Phi) is 4.62. The highest BCUT2D eigenvalue weighted by Crippen LogP contribution is 2.60. The summed E-state index contributed by atoms with van der Waals surface area (Å²) >= 11 is 7.41. The number of carbonyl (C=O) groups is 3. The Morgan fingerprint density at radius 2 is 1.41 bits per heavy atom. The van der Waals surface area contributed by atoms with Crippen molar-refractivity contribution in [1.29, 1.82) is 0 Å². The van der Waals surface area contributed by atoms with E-state index in [1.165, 1.54) is 4.90 Å². The Morgan fingerprint density at radius 1 is 0.862 bits per heavy atom. The van der Waals surface area contributed by atoms with Gasteiger partial charge in [-0.05, 0) is 54.7 Å². The number of amides is 3. The van der Waals surface area contributed by atoms with Gasteiger partial charge < -0.3 is 5.32 Å². The second-order valence-electron chi connectivity index (χ2n) is 7.88. The van der Waals surface area contributed by atoms with Crippen LogP contribution < -0.4 is 10.2 Å². The summed E-state index contributed by atoms with van der Waals surface area (Å²) in [5.74, 6) is -0.480. The molecular formula is C22H18Br2N2O3. The zero-order chi connectivity index (χ0) is 20.3. The van der Waals surface area contributed by atoms with Crippen LogP contribution in [0, 0.1) is 23.7 Å². The van der Waals surface area contributed by atoms with Gasteiger partial charge in [-0.15, -0.1) is 0 Å². The molecule has 5 rings (SSSR count). The van der Waals surface area contributed by atoms with E-state index in [9.17, 15) is 14.4 Å². The first-order valence-corrected chi connectivity index (χ1v) is 11.4. The maximum atomic E-state index is 13.1. The number of imide groups is 1. The molecule has 2 bridgehead atoms. The molecule has 2 aliphatic carbocycles. The third kappa shape index (κ3) is 2.89. The second-order valence-corrected chi connectivity index (χ2v) is 10.00. The van der Waals surface area contributed by atoms with E-state index in [0.717, 1.165) is 6.42 Å². The van der Waals surface area contributed by atoms with Crippen molar-refractivity contribution in [3.8, 4) is 0 Å². The first-order valence-electron chi connectivity index (χ1n) is 9.60. The van der Waals surface area contributed by atoms with Crippen LogP contribution in [-0.2, 0) is 9.59 Å². The minimum atomic E-state index is -0.233. The molecule has 3 fully saturated rings. The second kappa shape index (κ2) is 7.06. The highest BCUT2D eigenvalue weighted by molar-refractivity contribution is 9.12. The van der Waals surface area contributed by atoms with E-state index < -0.39 is 0 Å². The van der Waals surface area contributed by atoms with Crippen molar-refractivity contribution in [1.82, 2.24) is 0 Å². The van der Waals surface area contributed by atoms with Crippen molar-refractivity contribution in [2.75, 3.05) is 10.2 Å². The molecule has 29 heavy (non-hydrogen) atoms. The van der Waals surface area contributed by atoms with Crippen LogP contribution in [-0.4, -0.2) is 27.4 Å². The Hall–Kier alpha value is -1.99. The van der Waals surface area contributed by atoms with Crippen LogP contribution in [0.25, 0.3) is 0 Å². The maximum Gasteiger partial charge on any atom is 0.255 e. The summed E-state index contributed by atoms with van der Waals surface area (Å²) in [4.78, 5) is 40.2. The molecule has 0 spiro atoms. The number of nitrogens with zero attached hydrogens (tertiary/aromatic N) is 1. The molecule has 3 amide bonds. The predicted octanol–water partition coefficient (Wildman–Crippen LogP) is 4.22. The quantitative estimate of drug-likeness (QED) is 0.489. The van der Waals surface area contributed by atoms with Crippen LogP contribution >= 0.6 is 31.9 Å². The number of carbonyl (C=O) groups excluding carboxylic acids is 3. The third-order valence-electron chi connectivity index (χ3n) is 6.41. The number of fused-ring (bicyclic) bond motifs is 5. The summed E-state index contributed by atoms with van der Waals surface area (Å²) in [6, 6.07) is 15.8. The summed E-state index contributed by atoms with van der Waals surface area (Å²) in [6.45, 7) is 0. The van der Waals surface area contributed by atoms with Gasteiger partial charge in [-0.1, -0.05) is 50.1 Å². The topological polar surface area (TPSA) is 66.5 Å². The minimum Gasteiger partial charge on any atom is -0.322 e. The summed E-state index contributed by atoms with van der Waals surface area (Å²) in [5, 5.41) is 2.83. The Morgan fingerprint density at radius 3 is 1.97 bits per heavy atom. The standard InChI is InChI=1S/C22H18Br2N2O3/c23-18-14-10-15(19(18)24)17-16(14)21(28)26(22(17)29)13-8-6-12(7-9-13)25-20(27)11-4-2-1-3-5-11/h1-9,14-19H,10H2,(H,25,27)/t14-,15-,16-,17+,18+,19+/m1/s1. The number of hydrogen-bond donors (Lipinski definition) is 1. The van der Waals surface area contributed by atoms with Crippen molar-refractivity contribution < 1.29 is 14.4 Å². The lowest BCUT2D eigenvalue weighted by Gasteiger charge is -2.28. The molecule has 1 heterocycles. The number of anilines is 2. The summed E-state index contributed by atoms with van der Waals surface area (Å²) in [6.07, 6.45) is 0.914. The molecule has 148 valence electrons. The molecule has 0 unspecified atom stereocenters. The van der Waals surface area contributed by atoms with Gasteiger partial charge in [-0.25, -0.2) is 0 Å². The zero-order valence-electron chi connectivity index (χ0n) is 15.3. The number of alkyl halides is 2. The fourth-order valence-electron chi connectivity index (χ4n) is 5.09. The maximum absolute atomic E-state index is 13.1. The Balaban J connectivity index is 1.35. The molecule has 0 radical (unpaired) electrons. The highest BCUT2D eigenvalue weighted by Gasteiger charge is 2.66. The number of rotatable bonds is 3. The van der Waals surface area contributed by atoms with Gasteiger partial charge in [0.25, 0.3) is 5.91 Å². The molecule has 1 saturated heterocycles. The summed E-state index contributed by atoms with van der Waals surface area (Å²) in [7, 11) is 0. The van der Waals surface area contributed by atoms with Crippen LogP contribution in [0.15, 0.2) is 54.6 Å². The molecule has 7 heteroatoms. The zero-order valence-corrected chi connectivity index (χ0v) is 18.5. The van der Waals surface area contributed by atoms with Crippen LogP contribution in [0.2, 0.25) is 0 Å². The van der Waals surface area contributed by atoms with Gasteiger partial charge in [0, 0.05) is 20.9 Å². The van der Waals surface area contributed by atoms with Crippen LogP contribution in [0.3, 0.4) is 0 Å². The molecule has 5 nitrogen and oxygen atoms in total. The molecular weight excluding hydrogens is 500 g/mol. The number of nitrogens with one attached hydrogen (secondary N) is 1. The van der Waals surface area contributed by atoms with Crippen molar-refractivity contribution in [2.45, 2.75) is 16.1 Å². The van der Waals surface area contributed by atoms with Gasteiger partial charge in [-0.2, -0.15) is 0 Å². The van der Waals surface area contributed by atoms with Crippen LogP contribution in [0.5, 0.6) is 0 Å². The fraction of sp³-hybridized carbons (Fsp3) is 0.318. The number of benzene rings is 2. The summed E-state index contributed by atoms with van der Waals surface area (Å²) < 4.78 is 0. The molecule has 1 aliphatic heterocycles. The van der Waals surface area contributed by atoms with E-state index in [0.29, 0.717) is 16.9 Å². The predicted molar refractivity (Wildman–Crippen MR) is 117 cm³/mol. The lowest BCUT2D eigenvalue weighted by molar-refractivity contribution is -0.123. The van der Waals surface area contributed by atoms with E-state index in [4.69, 9.17) is 0 Å². The molecule has 2 aromatic rings. The van der Waals surface area contributed by atoms with Crippen molar-refractivity contribution in [2.24, 2.45) is 23.7 Å². The monoisotopic (exact) mass is 516 g/mol. The van der Waals surface area contributed by atoms with Gasteiger partial charge in [0.05, 0.1) is 17.5 Å². The van der Waals surface area contributed by atoms with Crippen molar-refractivity contribution >= 4 is 61.0 Å². The molecule has 3 aliphatic rings. The van der Waals surface area contributed by atoms with E-state index in [1.807, 2.05) is 18.2 Å². The average Bonchev–Trinajstić information content (AvgIpc) is 3.34. The smallest absolute Gasteiger partial charge is 0.255 e. The van der Waals surface area contributed by atoms with E-state index in [1.54, 1.807) is 36.4 Å². The molecule has 0 aromatic heterocycles. The van der Waals surface area contributed by atoms with Gasteiger partial charge in [0.15, 0.2) is 0 Å². The SMILES string of the molecule is O=C(Nc1ccc(N2C(=O)[C@@H]3[C@H]4C[C@@H]([C@H](Br)[C@H]4Br)[C@@H]3C2=O)cc1)c1ccccc1. The molecule has 6 atom stereocenters. The van der Waals surface area contributed by atoms with Gasteiger partial charge in [0.1, 0.15) is 0 Å².